The standard InChI is InChI=1S/C29H28FN7O3S/c1-41(38,39)19-21-12-16-36(17-13-21)18-20-6-8-23(9-7-20)28-32-29(40-34-28)26-27(22-10-14-31-15-11-22)37(35-33-26)25-5-3-2-4-24(25)30/h2-11,14-15,21H,12-13,16-19H2,1H3. The van der Waals surface area contributed by atoms with Crippen LogP contribution in [0, 0.1) is 11.7 Å². The van der Waals surface area contributed by atoms with Gasteiger partial charge in [0.05, 0.1) is 5.75 Å². The third kappa shape index (κ3) is 6.08. The normalized spacial score (nSPS) is 14.9. The third-order valence-corrected chi connectivity index (χ3v) is 8.27. The Bertz CT molecular complexity index is 1750. The van der Waals surface area contributed by atoms with E-state index in [4.69, 9.17) is 4.52 Å². The monoisotopic (exact) mass is 573 g/mol. The van der Waals surface area contributed by atoms with Crippen LogP contribution in [0.15, 0.2) is 77.6 Å². The second kappa shape index (κ2) is 11.3. The fourth-order valence-corrected chi connectivity index (χ4v) is 6.37. The van der Waals surface area contributed by atoms with E-state index in [0.29, 0.717) is 22.8 Å². The maximum atomic E-state index is 14.7. The second-order valence-electron chi connectivity index (χ2n) is 10.3. The number of para-hydroxylation sites is 1. The van der Waals surface area contributed by atoms with Crippen LogP contribution in [0.2, 0.25) is 0 Å². The van der Waals surface area contributed by atoms with E-state index in [9.17, 15) is 12.8 Å². The minimum absolute atomic E-state index is 0.162. The average molecular weight is 574 g/mol. The smallest absolute Gasteiger partial charge is 0.281 e. The summed E-state index contributed by atoms with van der Waals surface area (Å²) in [6, 6.07) is 17.8. The first-order valence-electron chi connectivity index (χ1n) is 13.3. The lowest BCUT2D eigenvalue weighted by Gasteiger charge is -2.31. The molecule has 0 unspecified atom stereocenters. The highest BCUT2D eigenvalue weighted by Crippen LogP contribution is 2.33. The minimum Gasteiger partial charge on any atom is -0.332 e. The van der Waals surface area contributed by atoms with E-state index in [1.165, 1.54) is 17.0 Å². The Kier molecular flexibility index (Phi) is 7.41. The van der Waals surface area contributed by atoms with E-state index in [2.05, 4.69) is 30.3 Å². The molecule has 210 valence electrons. The van der Waals surface area contributed by atoms with Gasteiger partial charge in [0.15, 0.2) is 5.69 Å². The maximum Gasteiger partial charge on any atom is 0.281 e. The zero-order valence-electron chi connectivity index (χ0n) is 22.4. The van der Waals surface area contributed by atoms with Crippen molar-refractivity contribution >= 4 is 9.84 Å². The minimum atomic E-state index is -2.94. The summed E-state index contributed by atoms with van der Waals surface area (Å²) in [5.74, 6) is 0.628. The Morgan fingerprint density at radius 1 is 0.976 bits per heavy atom. The quantitative estimate of drug-likeness (QED) is 0.265. The number of nitrogens with zero attached hydrogens (tertiary/aromatic N) is 7. The van der Waals surface area contributed by atoms with Gasteiger partial charge in [0, 0.05) is 36.3 Å². The number of rotatable bonds is 8. The number of aromatic nitrogens is 6. The first-order chi connectivity index (χ1) is 19.8. The van der Waals surface area contributed by atoms with Gasteiger partial charge in [-0.15, -0.1) is 5.10 Å². The Labute approximate surface area is 236 Å². The fraction of sp³-hybridized carbons (Fsp3) is 0.276. The molecule has 0 radical (unpaired) electrons. The predicted molar refractivity (Wildman–Crippen MR) is 151 cm³/mol. The van der Waals surface area contributed by atoms with Gasteiger partial charge in [-0.1, -0.05) is 46.8 Å². The SMILES string of the molecule is CS(=O)(=O)CC1CCN(Cc2ccc(-c3noc(-c4nnn(-c5ccccc5F)c4-c4ccncc4)n3)cc2)CC1. The highest BCUT2D eigenvalue weighted by atomic mass is 32.2. The predicted octanol–water partition coefficient (Wildman–Crippen LogP) is 4.44. The summed E-state index contributed by atoms with van der Waals surface area (Å²) in [6.45, 7) is 2.55. The van der Waals surface area contributed by atoms with E-state index in [1.54, 1.807) is 42.7 Å². The molecule has 4 heterocycles. The van der Waals surface area contributed by atoms with Crippen molar-refractivity contribution in [3.05, 3.63) is 84.4 Å². The molecule has 0 spiro atoms. The Morgan fingerprint density at radius 3 is 2.41 bits per heavy atom. The molecule has 6 rings (SSSR count). The van der Waals surface area contributed by atoms with Gasteiger partial charge in [-0.25, -0.2) is 17.5 Å². The van der Waals surface area contributed by atoms with Crippen molar-refractivity contribution in [1.29, 1.82) is 0 Å². The molecule has 1 aliphatic heterocycles. The zero-order chi connectivity index (χ0) is 28.4. The molecular weight excluding hydrogens is 545 g/mol. The number of halogens is 1. The Balaban J connectivity index is 1.21. The van der Waals surface area contributed by atoms with Crippen LogP contribution < -0.4 is 0 Å². The van der Waals surface area contributed by atoms with E-state index >= 15 is 0 Å². The lowest BCUT2D eigenvalue weighted by molar-refractivity contribution is 0.186. The van der Waals surface area contributed by atoms with Crippen LogP contribution in [-0.4, -0.2) is 68.5 Å². The van der Waals surface area contributed by atoms with Crippen LogP contribution in [0.5, 0.6) is 0 Å². The fourth-order valence-electron chi connectivity index (χ4n) is 5.18. The number of pyridine rings is 1. The number of piperidine rings is 1. The molecule has 2 aromatic carbocycles. The first-order valence-corrected chi connectivity index (χ1v) is 15.3. The number of hydrogen-bond donors (Lipinski definition) is 0. The van der Waals surface area contributed by atoms with Crippen molar-refractivity contribution in [3.63, 3.8) is 0 Å². The van der Waals surface area contributed by atoms with Crippen LogP contribution in [0.4, 0.5) is 4.39 Å². The first kappa shape index (κ1) is 26.9. The van der Waals surface area contributed by atoms with Crippen LogP contribution in [0.25, 0.3) is 39.9 Å². The van der Waals surface area contributed by atoms with Crippen LogP contribution in [-0.2, 0) is 16.4 Å². The summed E-state index contributed by atoms with van der Waals surface area (Å²) in [7, 11) is -2.94. The van der Waals surface area contributed by atoms with Crippen molar-refractivity contribution in [2.75, 3.05) is 25.1 Å². The molecule has 10 nitrogen and oxygen atoms in total. The van der Waals surface area contributed by atoms with Crippen molar-refractivity contribution < 1.29 is 17.3 Å². The van der Waals surface area contributed by atoms with Gasteiger partial charge in [0.25, 0.3) is 5.89 Å². The lowest BCUT2D eigenvalue weighted by atomic mass is 9.98. The Hall–Kier alpha value is -4.29. The van der Waals surface area contributed by atoms with Gasteiger partial charge in [-0.05, 0) is 61.7 Å². The summed E-state index contributed by atoms with van der Waals surface area (Å²) in [4.78, 5) is 11.0. The summed E-state index contributed by atoms with van der Waals surface area (Å²) in [5.41, 5.74) is 3.72. The van der Waals surface area contributed by atoms with Gasteiger partial charge in [0.2, 0.25) is 5.82 Å². The van der Waals surface area contributed by atoms with Gasteiger partial charge in [-0.2, -0.15) is 4.98 Å². The largest absolute Gasteiger partial charge is 0.332 e. The van der Waals surface area contributed by atoms with Crippen molar-refractivity contribution in [3.8, 4) is 39.9 Å². The highest BCUT2D eigenvalue weighted by Gasteiger charge is 2.25. The molecule has 0 bridgehead atoms. The van der Waals surface area contributed by atoms with Crippen LogP contribution in [0.1, 0.15) is 18.4 Å². The van der Waals surface area contributed by atoms with Crippen molar-refractivity contribution in [2.24, 2.45) is 5.92 Å². The second-order valence-corrected chi connectivity index (χ2v) is 12.5. The van der Waals surface area contributed by atoms with Crippen LogP contribution >= 0.6 is 0 Å². The third-order valence-electron chi connectivity index (χ3n) is 7.20. The zero-order valence-corrected chi connectivity index (χ0v) is 23.2. The molecule has 1 aliphatic rings. The number of hydrogen-bond acceptors (Lipinski definition) is 9. The maximum absolute atomic E-state index is 14.7. The molecule has 5 aromatic rings. The molecule has 3 aromatic heterocycles. The van der Waals surface area contributed by atoms with E-state index < -0.39 is 15.7 Å². The summed E-state index contributed by atoms with van der Waals surface area (Å²) < 4.78 is 44.9. The Morgan fingerprint density at radius 2 is 1.71 bits per heavy atom. The van der Waals surface area contributed by atoms with Gasteiger partial charge in [-0.3, -0.25) is 9.88 Å². The number of benzene rings is 2. The van der Waals surface area contributed by atoms with Crippen molar-refractivity contribution in [1.82, 2.24) is 35.0 Å². The van der Waals surface area contributed by atoms with E-state index in [-0.39, 0.29) is 23.2 Å². The highest BCUT2D eigenvalue weighted by molar-refractivity contribution is 7.90. The van der Waals surface area contributed by atoms with Crippen molar-refractivity contribution in [2.45, 2.75) is 19.4 Å². The number of sulfone groups is 1. The van der Waals surface area contributed by atoms with Gasteiger partial charge in [0.1, 0.15) is 27.0 Å². The summed E-state index contributed by atoms with van der Waals surface area (Å²) >= 11 is 0. The molecule has 0 atom stereocenters. The van der Waals surface area contributed by atoms with E-state index in [0.717, 1.165) is 43.6 Å². The molecule has 1 saturated heterocycles. The molecule has 41 heavy (non-hydrogen) atoms. The molecule has 0 amide bonds. The molecule has 0 aliphatic carbocycles. The van der Waals surface area contributed by atoms with Gasteiger partial charge < -0.3 is 4.52 Å². The average Bonchev–Trinajstić information content (AvgIpc) is 3.62. The van der Waals surface area contributed by atoms with E-state index in [1.807, 2.05) is 24.3 Å². The molecular formula is C29H28FN7O3S. The molecule has 12 heteroatoms. The molecule has 0 N–H and O–H groups in total. The molecule has 1 fully saturated rings. The summed E-state index contributed by atoms with van der Waals surface area (Å²) in [6.07, 6.45) is 6.36. The van der Waals surface area contributed by atoms with Gasteiger partial charge >= 0.3 is 0 Å². The number of likely N-dealkylation sites (tertiary alicyclic amines) is 1. The lowest BCUT2D eigenvalue weighted by Crippen LogP contribution is -2.35. The topological polar surface area (TPSA) is 120 Å². The summed E-state index contributed by atoms with van der Waals surface area (Å²) in [5, 5.41) is 12.7. The van der Waals surface area contributed by atoms with Crippen LogP contribution in [0.3, 0.4) is 0 Å². The molecule has 0 saturated carbocycles.